The summed E-state index contributed by atoms with van der Waals surface area (Å²) in [4.78, 5) is 28.3. The van der Waals surface area contributed by atoms with E-state index in [4.69, 9.17) is 15.2 Å². The minimum absolute atomic E-state index is 0.00601. The molecule has 12 heteroatoms. The second kappa shape index (κ2) is 12.1. The van der Waals surface area contributed by atoms with Crippen molar-refractivity contribution in [3.63, 3.8) is 0 Å². The molecule has 0 bridgehead atoms. The average molecular weight is 617 g/mol. The van der Waals surface area contributed by atoms with Gasteiger partial charge in [-0.05, 0) is 42.0 Å². The predicted molar refractivity (Wildman–Crippen MR) is 167 cm³/mol. The summed E-state index contributed by atoms with van der Waals surface area (Å²) in [6.07, 6.45) is 0.938. The zero-order chi connectivity index (χ0) is 30.9. The number of ketones is 1. The van der Waals surface area contributed by atoms with E-state index in [0.717, 1.165) is 16.8 Å². The maximum Gasteiger partial charge on any atom is 0.234 e. The highest BCUT2D eigenvalue weighted by Gasteiger charge is 2.45. The highest BCUT2D eigenvalue weighted by molar-refractivity contribution is 8.01. The maximum atomic E-state index is 13.7. The van der Waals surface area contributed by atoms with E-state index in [9.17, 15) is 14.9 Å². The Morgan fingerprint density at radius 3 is 2.67 bits per heavy atom. The Morgan fingerprint density at radius 2 is 1.98 bits per heavy atom. The summed E-state index contributed by atoms with van der Waals surface area (Å²) in [5.41, 5.74) is 10.4. The number of aromatic nitrogens is 2. The summed E-state index contributed by atoms with van der Waals surface area (Å²) < 4.78 is 11.1. The van der Waals surface area contributed by atoms with Gasteiger partial charge >= 0.3 is 0 Å². The van der Waals surface area contributed by atoms with Crippen molar-refractivity contribution in [2.24, 2.45) is 11.1 Å². The Hall–Kier alpha value is -4.34. The van der Waals surface area contributed by atoms with Gasteiger partial charge in [0, 0.05) is 23.8 Å². The largest absolute Gasteiger partial charge is 0.497 e. The first-order chi connectivity index (χ1) is 20.6. The number of nitrogens with zero attached hydrogens (tertiary/aromatic N) is 4. The molecule has 10 nitrogen and oxygen atoms in total. The number of ether oxygens (including phenoxy) is 2. The van der Waals surface area contributed by atoms with Crippen LogP contribution in [0, 0.1) is 23.7 Å². The number of thioether (sulfide) groups is 1. The predicted octanol–water partition coefficient (Wildman–Crippen LogP) is 5.54. The van der Waals surface area contributed by atoms with Gasteiger partial charge in [0.15, 0.2) is 10.1 Å². The average Bonchev–Trinajstić information content (AvgIpc) is 3.43. The molecular formula is C31H32N6O4S2. The Balaban J connectivity index is 1.44. The first-order valence-corrected chi connectivity index (χ1v) is 15.4. The molecule has 1 amide bonds. The lowest BCUT2D eigenvalue weighted by molar-refractivity contribution is -0.118. The molecule has 0 saturated carbocycles. The van der Waals surface area contributed by atoms with Crippen molar-refractivity contribution < 1.29 is 19.1 Å². The van der Waals surface area contributed by atoms with Crippen molar-refractivity contribution in [3.8, 4) is 17.6 Å². The third-order valence-electron chi connectivity index (χ3n) is 7.48. The molecule has 1 unspecified atom stereocenters. The molecule has 3 aromatic rings. The van der Waals surface area contributed by atoms with Gasteiger partial charge in [-0.2, -0.15) is 5.26 Å². The number of amides is 1. The number of allylic oxidation sites excluding steroid dienone is 3. The van der Waals surface area contributed by atoms with Gasteiger partial charge in [-0.1, -0.05) is 61.2 Å². The molecule has 1 aliphatic heterocycles. The Morgan fingerprint density at radius 1 is 1.21 bits per heavy atom. The number of carbonyl (C=O) groups is 2. The zero-order valence-electron chi connectivity index (χ0n) is 24.6. The molecule has 0 saturated heterocycles. The van der Waals surface area contributed by atoms with Crippen LogP contribution in [-0.2, 0) is 9.59 Å². The summed E-state index contributed by atoms with van der Waals surface area (Å²) in [5, 5.41) is 22.3. The maximum absolute atomic E-state index is 13.7. The van der Waals surface area contributed by atoms with Crippen molar-refractivity contribution in [1.29, 1.82) is 5.26 Å². The molecule has 43 heavy (non-hydrogen) atoms. The monoisotopic (exact) mass is 616 g/mol. The van der Waals surface area contributed by atoms with Crippen molar-refractivity contribution >= 4 is 45.6 Å². The van der Waals surface area contributed by atoms with Crippen LogP contribution in [-0.4, -0.2) is 41.9 Å². The number of carbonyl (C=O) groups excluding carboxylic acids is 2. The summed E-state index contributed by atoms with van der Waals surface area (Å²) in [6.45, 7) is 6.07. The molecule has 2 heterocycles. The molecule has 0 spiro atoms. The van der Waals surface area contributed by atoms with E-state index in [1.807, 2.05) is 45.0 Å². The topological polar surface area (TPSA) is 143 Å². The van der Waals surface area contributed by atoms with Gasteiger partial charge in [0.1, 0.15) is 17.3 Å². The van der Waals surface area contributed by atoms with Gasteiger partial charge in [0.25, 0.3) is 0 Å². The number of aryl methyl sites for hydroxylation is 1. The highest BCUT2D eigenvalue weighted by atomic mass is 32.2. The number of nitriles is 1. The third-order valence-corrected chi connectivity index (χ3v) is 9.52. The number of nitrogens with two attached hydrogens (primary N) is 1. The molecule has 3 N–H and O–H groups in total. The van der Waals surface area contributed by atoms with Crippen molar-refractivity contribution in [2.75, 3.05) is 30.2 Å². The fourth-order valence-electron chi connectivity index (χ4n) is 5.53. The fourth-order valence-corrected chi connectivity index (χ4v) is 7.21. The lowest BCUT2D eigenvalue weighted by Crippen LogP contribution is -2.42. The van der Waals surface area contributed by atoms with Gasteiger partial charge in [0.2, 0.25) is 11.0 Å². The van der Waals surface area contributed by atoms with Gasteiger partial charge in [-0.15, -0.1) is 10.2 Å². The number of benzene rings is 2. The van der Waals surface area contributed by atoms with Gasteiger partial charge in [-0.3, -0.25) is 14.5 Å². The molecule has 5 rings (SSSR count). The summed E-state index contributed by atoms with van der Waals surface area (Å²) in [5.74, 6) is 0.575. The Bertz CT molecular complexity index is 1700. The minimum atomic E-state index is -0.555. The van der Waals surface area contributed by atoms with Crippen LogP contribution in [0.4, 0.5) is 10.8 Å². The zero-order valence-corrected chi connectivity index (χ0v) is 26.2. The third kappa shape index (κ3) is 5.96. The molecule has 1 aliphatic carbocycles. The quantitative estimate of drug-likeness (QED) is 0.310. The van der Waals surface area contributed by atoms with Crippen molar-refractivity contribution in [3.05, 3.63) is 76.3 Å². The van der Waals surface area contributed by atoms with E-state index in [0.29, 0.717) is 50.6 Å². The molecule has 0 fully saturated rings. The standard InChI is InChI=1S/C31H32N6O4S2/c1-17-8-6-7-9-19(17)26-20(15-32)28(33)37(22-13-31(2,3)14-23(38)27(22)26)29-35-36-30(43-29)42-16-25(39)34-21-12-18(40-4)10-11-24(21)41-5/h6-12,26H,13-14,16,33H2,1-5H3,(H,34,39). The summed E-state index contributed by atoms with van der Waals surface area (Å²) in [6, 6.07) is 15.2. The number of Topliss-reactive ketones (excluding diaryl/α,β-unsaturated/α-hetero) is 1. The minimum Gasteiger partial charge on any atom is -0.497 e. The van der Waals surface area contributed by atoms with Crippen LogP contribution in [0.3, 0.4) is 0 Å². The first kappa shape index (κ1) is 30.1. The summed E-state index contributed by atoms with van der Waals surface area (Å²) in [7, 11) is 3.07. The molecule has 1 atom stereocenters. The van der Waals surface area contributed by atoms with Crippen molar-refractivity contribution in [2.45, 2.75) is 43.9 Å². The second-order valence-electron chi connectivity index (χ2n) is 11.1. The van der Waals surface area contributed by atoms with E-state index in [1.54, 1.807) is 30.2 Å². The van der Waals surface area contributed by atoms with Crippen LogP contribution in [0.2, 0.25) is 0 Å². The lowest BCUT2D eigenvalue weighted by atomic mass is 9.68. The number of rotatable bonds is 8. The van der Waals surface area contributed by atoms with Crippen molar-refractivity contribution in [1.82, 2.24) is 10.2 Å². The van der Waals surface area contributed by atoms with E-state index >= 15 is 0 Å². The van der Waals surface area contributed by atoms with E-state index < -0.39 is 5.92 Å². The molecule has 222 valence electrons. The van der Waals surface area contributed by atoms with Gasteiger partial charge in [0.05, 0.1) is 43.2 Å². The SMILES string of the molecule is COc1ccc(OC)c(NC(=O)CSc2nnc(N3C(N)=C(C#N)C(c4ccccc4C)C4=C3CC(C)(C)CC4=O)s2)c1. The van der Waals surface area contributed by atoms with Gasteiger partial charge in [-0.25, -0.2) is 0 Å². The number of methoxy groups -OCH3 is 2. The Labute approximate surface area is 258 Å². The Kier molecular flexibility index (Phi) is 8.48. The summed E-state index contributed by atoms with van der Waals surface area (Å²) >= 11 is 2.47. The van der Waals surface area contributed by atoms with Crippen LogP contribution in [0.25, 0.3) is 0 Å². The molecule has 2 aliphatic rings. The van der Waals surface area contributed by atoms with Crippen LogP contribution in [0.5, 0.6) is 11.5 Å². The highest BCUT2D eigenvalue weighted by Crippen LogP contribution is 2.51. The molecule has 1 aromatic heterocycles. The molecule has 0 radical (unpaired) electrons. The fraction of sp³-hybridized carbons (Fsp3) is 0.323. The van der Waals surface area contributed by atoms with E-state index in [2.05, 4.69) is 21.6 Å². The van der Waals surface area contributed by atoms with E-state index in [1.165, 1.54) is 30.2 Å². The van der Waals surface area contributed by atoms with E-state index in [-0.39, 0.29) is 28.7 Å². The molecular weight excluding hydrogens is 585 g/mol. The normalized spacial score (nSPS) is 17.8. The van der Waals surface area contributed by atoms with Crippen LogP contribution < -0.4 is 25.4 Å². The smallest absolute Gasteiger partial charge is 0.234 e. The van der Waals surface area contributed by atoms with Crippen LogP contribution in [0.1, 0.15) is 43.7 Å². The number of nitrogens with one attached hydrogen (secondary N) is 1. The number of hydrogen-bond donors (Lipinski definition) is 2. The second-order valence-corrected chi connectivity index (χ2v) is 13.3. The number of anilines is 2. The molecule has 2 aromatic carbocycles. The van der Waals surface area contributed by atoms with Crippen LogP contribution in [0.15, 0.2) is 69.5 Å². The first-order valence-electron chi connectivity index (χ1n) is 13.6. The lowest BCUT2D eigenvalue weighted by Gasteiger charge is -2.42. The van der Waals surface area contributed by atoms with Crippen LogP contribution >= 0.6 is 23.1 Å². The van der Waals surface area contributed by atoms with Gasteiger partial charge < -0.3 is 20.5 Å². The number of hydrogen-bond acceptors (Lipinski definition) is 11.